The summed E-state index contributed by atoms with van der Waals surface area (Å²) in [6.07, 6.45) is 2.89. The van der Waals surface area contributed by atoms with Crippen molar-refractivity contribution in [3.8, 4) is 0 Å². The molecule has 1 atom stereocenters. The Hall–Kier alpha value is -1.42. The van der Waals surface area contributed by atoms with Crippen LogP contribution in [0, 0.1) is 5.92 Å². The quantitative estimate of drug-likeness (QED) is 0.898. The summed E-state index contributed by atoms with van der Waals surface area (Å²) in [4.78, 5) is 9.26. The molecule has 0 aliphatic heterocycles. The maximum atomic E-state index is 5.97. The number of hydrogen-bond acceptors (Lipinski definition) is 3. The number of fused-ring (bicyclic) bond motifs is 1. The molecule has 104 valence electrons. The van der Waals surface area contributed by atoms with Crippen LogP contribution in [-0.4, -0.2) is 21.1 Å². The number of hydrogen-bond donors (Lipinski definition) is 1. The molecule has 2 aromatic heterocycles. The van der Waals surface area contributed by atoms with Gasteiger partial charge in [-0.05, 0) is 38.3 Å². The summed E-state index contributed by atoms with van der Waals surface area (Å²) in [5, 5.41) is 0. The molecule has 0 aromatic carbocycles. The SMILES string of the molecule is CC(C)CC(CN)c1nc2cccnc2n1C(C)C. The molecule has 2 heterocycles. The monoisotopic (exact) mass is 260 g/mol. The minimum atomic E-state index is 0.302. The Balaban J connectivity index is 2.54. The van der Waals surface area contributed by atoms with E-state index >= 15 is 0 Å². The highest BCUT2D eigenvalue weighted by molar-refractivity contribution is 5.71. The van der Waals surface area contributed by atoms with Crippen molar-refractivity contribution in [1.29, 1.82) is 0 Å². The highest BCUT2D eigenvalue weighted by atomic mass is 15.1. The first-order chi connectivity index (χ1) is 9.04. The Bertz CT molecular complexity index is 542. The van der Waals surface area contributed by atoms with Crippen LogP contribution >= 0.6 is 0 Å². The minimum absolute atomic E-state index is 0.302. The molecule has 2 aromatic rings. The van der Waals surface area contributed by atoms with Crippen molar-refractivity contribution in [3.05, 3.63) is 24.2 Å². The summed E-state index contributed by atoms with van der Waals surface area (Å²) in [6.45, 7) is 9.42. The van der Waals surface area contributed by atoms with Crippen LogP contribution in [0.5, 0.6) is 0 Å². The zero-order valence-electron chi connectivity index (χ0n) is 12.3. The summed E-state index contributed by atoms with van der Waals surface area (Å²) < 4.78 is 2.23. The van der Waals surface area contributed by atoms with Gasteiger partial charge in [-0.25, -0.2) is 9.97 Å². The Morgan fingerprint density at radius 3 is 2.58 bits per heavy atom. The van der Waals surface area contributed by atoms with E-state index in [9.17, 15) is 0 Å². The average molecular weight is 260 g/mol. The van der Waals surface area contributed by atoms with E-state index in [-0.39, 0.29) is 0 Å². The van der Waals surface area contributed by atoms with E-state index in [1.807, 2.05) is 18.3 Å². The van der Waals surface area contributed by atoms with Crippen molar-refractivity contribution in [3.63, 3.8) is 0 Å². The van der Waals surface area contributed by atoms with Crippen LogP contribution in [0.25, 0.3) is 11.2 Å². The van der Waals surface area contributed by atoms with Crippen LogP contribution in [-0.2, 0) is 0 Å². The summed E-state index contributed by atoms with van der Waals surface area (Å²) in [7, 11) is 0. The van der Waals surface area contributed by atoms with E-state index in [2.05, 4.69) is 37.2 Å². The first kappa shape index (κ1) is 14.0. The van der Waals surface area contributed by atoms with E-state index in [1.165, 1.54) is 0 Å². The molecule has 0 aliphatic rings. The third kappa shape index (κ3) is 2.78. The molecule has 0 radical (unpaired) electrons. The lowest BCUT2D eigenvalue weighted by molar-refractivity contribution is 0.458. The van der Waals surface area contributed by atoms with E-state index in [4.69, 9.17) is 10.7 Å². The van der Waals surface area contributed by atoms with Crippen LogP contribution in [0.4, 0.5) is 0 Å². The predicted molar refractivity (Wildman–Crippen MR) is 79.2 cm³/mol. The lowest BCUT2D eigenvalue weighted by Crippen LogP contribution is -2.20. The molecule has 2 rings (SSSR count). The summed E-state index contributed by atoms with van der Waals surface area (Å²) in [5.74, 6) is 2.00. The molecule has 4 heteroatoms. The van der Waals surface area contributed by atoms with Gasteiger partial charge in [-0.2, -0.15) is 0 Å². The maximum Gasteiger partial charge on any atom is 0.160 e. The predicted octanol–water partition coefficient (Wildman–Crippen LogP) is 3.10. The molecular weight excluding hydrogens is 236 g/mol. The number of nitrogens with two attached hydrogens (primary N) is 1. The van der Waals surface area contributed by atoms with Gasteiger partial charge in [-0.1, -0.05) is 13.8 Å². The fraction of sp³-hybridized carbons (Fsp3) is 0.600. The van der Waals surface area contributed by atoms with Crippen LogP contribution in [0.15, 0.2) is 18.3 Å². The summed E-state index contributed by atoms with van der Waals surface area (Å²) in [6, 6.07) is 4.30. The van der Waals surface area contributed by atoms with E-state index < -0.39 is 0 Å². The first-order valence-corrected chi connectivity index (χ1v) is 7.07. The molecular formula is C15H24N4. The lowest BCUT2D eigenvalue weighted by Gasteiger charge is -2.20. The zero-order valence-corrected chi connectivity index (χ0v) is 12.3. The number of rotatable bonds is 5. The van der Waals surface area contributed by atoms with Gasteiger partial charge in [0.15, 0.2) is 5.65 Å². The van der Waals surface area contributed by atoms with Crippen molar-refractivity contribution in [1.82, 2.24) is 14.5 Å². The van der Waals surface area contributed by atoms with Crippen LogP contribution in [0.2, 0.25) is 0 Å². The second kappa shape index (κ2) is 5.70. The molecule has 0 saturated carbocycles. The summed E-state index contributed by atoms with van der Waals surface area (Å²) in [5.41, 5.74) is 7.90. The second-order valence-electron chi connectivity index (χ2n) is 5.84. The third-order valence-corrected chi connectivity index (χ3v) is 3.40. The van der Waals surface area contributed by atoms with Gasteiger partial charge < -0.3 is 10.3 Å². The highest BCUT2D eigenvalue weighted by Crippen LogP contribution is 2.28. The van der Waals surface area contributed by atoms with Crippen LogP contribution in [0.1, 0.15) is 51.9 Å². The third-order valence-electron chi connectivity index (χ3n) is 3.40. The fourth-order valence-electron chi connectivity index (χ4n) is 2.62. The molecule has 0 bridgehead atoms. The molecule has 19 heavy (non-hydrogen) atoms. The average Bonchev–Trinajstić information content (AvgIpc) is 2.74. The first-order valence-electron chi connectivity index (χ1n) is 7.07. The van der Waals surface area contributed by atoms with Gasteiger partial charge in [0.05, 0.1) is 0 Å². The van der Waals surface area contributed by atoms with E-state index in [0.717, 1.165) is 23.4 Å². The molecule has 0 spiro atoms. The van der Waals surface area contributed by atoms with Gasteiger partial charge >= 0.3 is 0 Å². The number of nitrogens with zero attached hydrogens (tertiary/aromatic N) is 3. The number of aromatic nitrogens is 3. The molecule has 0 fully saturated rings. The summed E-state index contributed by atoms with van der Waals surface area (Å²) >= 11 is 0. The van der Waals surface area contributed by atoms with Gasteiger partial charge in [0.1, 0.15) is 11.3 Å². The fourth-order valence-corrected chi connectivity index (χ4v) is 2.62. The van der Waals surface area contributed by atoms with Crippen LogP contribution < -0.4 is 5.73 Å². The van der Waals surface area contributed by atoms with Gasteiger partial charge in [0.25, 0.3) is 0 Å². The Kier molecular flexibility index (Phi) is 4.20. The van der Waals surface area contributed by atoms with E-state index in [0.29, 0.717) is 24.4 Å². The molecule has 0 aliphatic carbocycles. The molecule has 0 amide bonds. The van der Waals surface area contributed by atoms with Gasteiger partial charge in [0.2, 0.25) is 0 Å². The topological polar surface area (TPSA) is 56.7 Å². The molecule has 2 N–H and O–H groups in total. The smallest absolute Gasteiger partial charge is 0.160 e. The Morgan fingerprint density at radius 1 is 1.26 bits per heavy atom. The normalized spacial score (nSPS) is 13.6. The highest BCUT2D eigenvalue weighted by Gasteiger charge is 2.22. The zero-order chi connectivity index (χ0) is 14.0. The second-order valence-corrected chi connectivity index (χ2v) is 5.84. The van der Waals surface area contributed by atoms with Gasteiger partial charge in [-0.15, -0.1) is 0 Å². The minimum Gasteiger partial charge on any atom is -0.330 e. The van der Waals surface area contributed by atoms with Crippen LogP contribution in [0.3, 0.4) is 0 Å². The van der Waals surface area contributed by atoms with Gasteiger partial charge in [-0.3, -0.25) is 0 Å². The largest absolute Gasteiger partial charge is 0.330 e. The molecule has 1 unspecified atom stereocenters. The van der Waals surface area contributed by atoms with Crippen molar-refractivity contribution >= 4 is 11.2 Å². The Morgan fingerprint density at radius 2 is 2.00 bits per heavy atom. The molecule has 0 saturated heterocycles. The molecule has 4 nitrogen and oxygen atoms in total. The van der Waals surface area contributed by atoms with Crippen molar-refractivity contribution < 1.29 is 0 Å². The van der Waals surface area contributed by atoms with Crippen molar-refractivity contribution in [2.75, 3.05) is 6.54 Å². The standard InChI is InChI=1S/C15H24N4/c1-10(2)8-12(9-16)14-18-13-6-5-7-17-15(13)19(14)11(3)4/h5-7,10-12H,8-9,16H2,1-4H3. The Labute approximate surface area is 115 Å². The number of pyridine rings is 1. The lowest BCUT2D eigenvalue weighted by atomic mass is 9.96. The van der Waals surface area contributed by atoms with Gasteiger partial charge in [0, 0.05) is 24.7 Å². The van der Waals surface area contributed by atoms with Crippen molar-refractivity contribution in [2.45, 2.75) is 46.1 Å². The maximum absolute atomic E-state index is 5.97. The van der Waals surface area contributed by atoms with E-state index in [1.54, 1.807) is 0 Å². The number of imidazole rings is 1. The van der Waals surface area contributed by atoms with Crippen molar-refractivity contribution in [2.24, 2.45) is 11.7 Å².